The van der Waals surface area contributed by atoms with Crippen LogP contribution in [0.3, 0.4) is 0 Å². The molecule has 0 radical (unpaired) electrons. The van der Waals surface area contributed by atoms with E-state index in [9.17, 15) is 4.79 Å². The molecule has 3 rings (SSSR count). The Labute approximate surface area is 151 Å². The van der Waals surface area contributed by atoms with Crippen molar-refractivity contribution in [1.82, 2.24) is 19.6 Å². The first-order valence-corrected chi connectivity index (χ1v) is 8.51. The van der Waals surface area contributed by atoms with Gasteiger partial charge in [0, 0.05) is 25.4 Å². The molecule has 0 aliphatic heterocycles. The van der Waals surface area contributed by atoms with Crippen molar-refractivity contribution < 1.29 is 0 Å². The summed E-state index contributed by atoms with van der Waals surface area (Å²) in [6.07, 6.45) is 4.40. The van der Waals surface area contributed by atoms with Gasteiger partial charge in [-0.25, -0.2) is 4.68 Å². The average molecular weight is 358 g/mol. The maximum Gasteiger partial charge on any atom is 0.287 e. The Bertz CT molecular complexity index is 917. The molecule has 2 heterocycles. The number of aryl methyl sites for hydroxylation is 2. The van der Waals surface area contributed by atoms with E-state index in [-0.39, 0.29) is 10.6 Å². The summed E-state index contributed by atoms with van der Waals surface area (Å²) in [5.74, 6) is 0. The Morgan fingerprint density at radius 3 is 2.72 bits per heavy atom. The highest BCUT2D eigenvalue weighted by atomic mass is 35.5. The lowest BCUT2D eigenvalue weighted by Gasteiger charge is -2.10. The lowest BCUT2D eigenvalue weighted by Crippen LogP contribution is -2.24. The average Bonchev–Trinajstić information content (AvgIpc) is 2.99. The number of nitrogens with one attached hydrogen (secondary N) is 1. The third kappa shape index (κ3) is 3.91. The molecule has 3 aromatic rings. The summed E-state index contributed by atoms with van der Waals surface area (Å²) in [6, 6.07) is 9.68. The van der Waals surface area contributed by atoms with Gasteiger partial charge in [-0.3, -0.25) is 9.48 Å². The fourth-order valence-corrected chi connectivity index (χ4v) is 2.89. The molecule has 1 N–H and O–H groups in total. The first kappa shape index (κ1) is 17.2. The summed E-state index contributed by atoms with van der Waals surface area (Å²) in [7, 11) is 1.89. The number of benzene rings is 1. The Morgan fingerprint density at radius 1 is 1.24 bits per heavy atom. The van der Waals surface area contributed by atoms with Gasteiger partial charge in [-0.2, -0.15) is 10.2 Å². The Morgan fingerprint density at radius 2 is 2.00 bits per heavy atom. The molecule has 130 valence electrons. The molecule has 0 fully saturated rings. The van der Waals surface area contributed by atoms with Gasteiger partial charge in [-0.15, -0.1) is 0 Å². The van der Waals surface area contributed by atoms with Gasteiger partial charge < -0.3 is 5.32 Å². The molecule has 0 atom stereocenters. The monoisotopic (exact) mass is 357 g/mol. The maximum absolute atomic E-state index is 12.4. The van der Waals surface area contributed by atoms with E-state index in [0.717, 1.165) is 23.2 Å². The molecule has 0 bridgehead atoms. The minimum absolute atomic E-state index is 0.146. The topological polar surface area (TPSA) is 64.7 Å². The number of aromatic nitrogens is 4. The minimum atomic E-state index is -0.308. The van der Waals surface area contributed by atoms with Gasteiger partial charge in [-0.05, 0) is 12.0 Å². The molecule has 25 heavy (non-hydrogen) atoms. The Balaban J connectivity index is 1.77. The molecule has 1 aromatic carbocycles. The van der Waals surface area contributed by atoms with Crippen LogP contribution in [-0.2, 0) is 26.6 Å². The quantitative estimate of drug-likeness (QED) is 0.736. The standard InChI is InChI=1S/C18H20ClN5O/c1-3-15-14(12-23(2)22-15)9-20-16-10-21-24(18(25)17(16)19)11-13-7-5-4-6-8-13/h4-8,10,12,20H,3,9,11H2,1-2H3. The van der Waals surface area contributed by atoms with E-state index in [1.165, 1.54) is 4.68 Å². The highest BCUT2D eigenvalue weighted by molar-refractivity contribution is 6.32. The van der Waals surface area contributed by atoms with Crippen LogP contribution in [0.5, 0.6) is 0 Å². The number of hydrogen-bond donors (Lipinski definition) is 1. The van der Waals surface area contributed by atoms with Crippen molar-refractivity contribution >= 4 is 17.3 Å². The van der Waals surface area contributed by atoms with Gasteiger partial charge in [0.1, 0.15) is 5.02 Å². The Kier molecular flexibility index (Phi) is 5.19. The van der Waals surface area contributed by atoms with Crippen LogP contribution in [0, 0.1) is 0 Å². The zero-order valence-corrected chi connectivity index (χ0v) is 15.0. The molecule has 0 unspecified atom stereocenters. The minimum Gasteiger partial charge on any atom is -0.378 e. The second-order valence-corrected chi connectivity index (χ2v) is 6.18. The van der Waals surface area contributed by atoms with E-state index in [2.05, 4.69) is 22.4 Å². The second kappa shape index (κ2) is 7.53. The van der Waals surface area contributed by atoms with Crippen molar-refractivity contribution in [2.45, 2.75) is 26.4 Å². The second-order valence-electron chi connectivity index (χ2n) is 5.80. The molecule has 0 aliphatic rings. The van der Waals surface area contributed by atoms with E-state index < -0.39 is 0 Å². The van der Waals surface area contributed by atoms with Gasteiger partial charge in [-0.1, -0.05) is 48.9 Å². The fourth-order valence-electron chi connectivity index (χ4n) is 2.68. The van der Waals surface area contributed by atoms with Crippen LogP contribution in [0.2, 0.25) is 5.02 Å². The SMILES string of the molecule is CCc1nn(C)cc1CNc1cnn(Cc2ccccc2)c(=O)c1Cl. The van der Waals surface area contributed by atoms with Gasteiger partial charge in [0.25, 0.3) is 5.56 Å². The molecule has 2 aromatic heterocycles. The van der Waals surface area contributed by atoms with Crippen molar-refractivity contribution in [3.8, 4) is 0 Å². The highest BCUT2D eigenvalue weighted by Crippen LogP contribution is 2.18. The number of nitrogens with zero attached hydrogens (tertiary/aromatic N) is 4. The van der Waals surface area contributed by atoms with Gasteiger partial charge in [0.2, 0.25) is 0 Å². The number of rotatable bonds is 6. The predicted molar refractivity (Wildman–Crippen MR) is 99.0 cm³/mol. The summed E-state index contributed by atoms with van der Waals surface area (Å²) in [5.41, 5.74) is 3.32. The van der Waals surface area contributed by atoms with E-state index in [4.69, 9.17) is 11.6 Å². The first-order chi connectivity index (χ1) is 12.1. The van der Waals surface area contributed by atoms with Crippen LogP contribution in [-0.4, -0.2) is 19.6 Å². The molecule has 0 saturated heterocycles. The molecular weight excluding hydrogens is 338 g/mol. The smallest absolute Gasteiger partial charge is 0.287 e. The summed E-state index contributed by atoms with van der Waals surface area (Å²) in [6.45, 7) is 2.99. The number of anilines is 1. The molecule has 0 aliphatic carbocycles. The zero-order chi connectivity index (χ0) is 17.8. The molecule has 0 saturated carbocycles. The lowest BCUT2D eigenvalue weighted by atomic mass is 10.2. The van der Waals surface area contributed by atoms with Crippen molar-refractivity contribution in [3.63, 3.8) is 0 Å². The number of halogens is 1. The molecule has 7 heteroatoms. The van der Waals surface area contributed by atoms with Crippen LogP contribution in [0.1, 0.15) is 23.7 Å². The largest absolute Gasteiger partial charge is 0.378 e. The van der Waals surface area contributed by atoms with Gasteiger partial charge >= 0.3 is 0 Å². The fraction of sp³-hybridized carbons (Fsp3) is 0.278. The lowest BCUT2D eigenvalue weighted by molar-refractivity contribution is 0.640. The van der Waals surface area contributed by atoms with Crippen molar-refractivity contribution in [3.05, 3.63) is 74.9 Å². The highest BCUT2D eigenvalue weighted by Gasteiger charge is 2.11. The molecule has 0 amide bonds. The van der Waals surface area contributed by atoms with E-state index >= 15 is 0 Å². The van der Waals surface area contributed by atoms with Crippen molar-refractivity contribution in [1.29, 1.82) is 0 Å². The summed E-state index contributed by atoms with van der Waals surface area (Å²) < 4.78 is 3.15. The van der Waals surface area contributed by atoms with E-state index in [1.807, 2.05) is 43.6 Å². The van der Waals surface area contributed by atoms with Crippen molar-refractivity contribution in [2.75, 3.05) is 5.32 Å². The summed E-state index contributed by atoms with van der Waals surface area (Å²) in [4.78, 5) is 12.4. The van der Waals surface area contributed by atoms with Crippen LogP contribution in [0.4, 0.5) is 5.69 Å². The molecule has 0 spiro atoms. The van der Waals surface area contributed by atoms with Gasteiger partial charge in [0.15, 0.2) is 0 Å². The normalized spacial score (nSPS) is 10.8. The van der Waals surface area contributed by atoms with Gasteiger partial charge in [0.05, 0.1) is 24.1 Å². The van der Waals surface area contributed by atoms with Crippen molar-refractivity contribution in [2.24, 2.45) is 7.05 Å². The Hall–Kier alpha value is -2.60. The first-order valence-electron chi connectivity index (χ1n) is 8.13. The van der Waals surface area contributed by atoms with E-state index in [0.29, 0.717) is 18.8 Å². The van der Waals surface area contributed by atoms with Crippen LogP contribution in [0.25, 0.3) is 0 Å². The maximum atomic E-state index is 12.4. The molecule has 6 nitrogen and oxygen atoms in total. The third-order valence-electron chi connectivity index (χ3n) is 3.96. The number of hydrogen-bond acceptors (Lipinski definition) is 4. The summed E-state index contributed by atoms with van der Waals surface area (Å²) in [5, 5.41) is 12.0. The van der Waals surface area contributed by atoms with Crippen LogP contribution < -0.4 is 10.9 Å². The zero-order valence-electron chi connectivity index (χ0n) is 14.2. The summed E-state index contributed by atoms with van der Waals surface area (Å²) >= 11 is 6.25. The van der Waals surface area contributed by atoms with Crippen LogP contribution >= 0.6 is 11.6 Å². The third-order valence-corrected chi connectivity index (χ3v) is 4.32. The predicted octanol–water partition coefficient (Wildman–Crippen LogP) is 2.85. The molecular formula is C18H20ClN5O. The van der Waals surface area contributed by atoms with E-state index in [1.54, 1.807) is 10.9 Å². The van der Waals surface area contributed by atoms with Crippen LogP contribution in [0.15, 0.2) is 47.5 Å².